The Labute approximate surface area is 232 Å². The fourth-order valence-corrected chi connectivity index (χ4v) is 4.68. The predicted molar refractivity (Wildman–Crippen MR) is 155 cm³/mol. The molecule has 0 bridgehead atoms. The minimum atomic E-state index is -0.506. The molecule has 6 rings (SSSR count). The molecule has 38 heavy (non-hydrogen) atoms. The number of oxazole rings is 1. The molecule has 0 atom stereocenters. The van der Waals surface area contributed by atoms with Gasteiger partial charge in [-0.3, -0.25) is 10.1 Å². The van der Waals surface area contributed by atoms with Gasteiger partial charge < -0.3 is 14.2 Å². The number of amides is 1. The minimum absolute atomic E-state index is 0.0761. The summed E-state index contributed by atoms with van der Waals surface area (Å²) in [6.07, 6.45) is 0. The first-order valence-corrected chi connectivity index (χ1v) is 12.7. The highest BCUT2D eigenvalue weighted by molar-refractivity contribution is 7.80. The number of hydrogen-bond acceptors (Lipinski definition) is 5. The van der Waals surface area contributed by atoms with Crippen molar-refractivity contribution in [3.8, 4) is 22.8 Å². The van der Waals surface area contributed by atoms with Crippen LogP contribution in [0.5, 0.6) is 0 Å². The summed E-state index contributed by atoms with van der Waals surface area (Å²) < 4.78 is 11.7. The SMILES string of the molecule is O=C(NC(=S)Nc1ccc2oc(-c3ccc4ccccc4c3)nc2c1)c1ccc(-c2cccc(Cl)c2Cl)o1. The van der Waals surface area contributed by atoms with Gasteiger partial charge in [0.05, 0.1) is 10.0 Å². The predicted octanol–water partition coefficient (Wildman–Crippen LogP) is 8.34. The van der Waals surface area contributed by atoms with E-state index < -0.39 is 5.91 Å². The van der Waals surface area contributed by atoms with Crippen molar-refractivity contribution < 1.29 is 13.6 Å². The number of nitrogens with one attached hydrogen (secondary N) is 2. The van der Waals surface area contributed by atoms with Gasteiger partial charge in [-0.15, -0.1) is 0 Å². The number of anilines is 1. The average molecular weight is 558 g/mol. The molecule has 0 spiro atoms. The normalized spacial score (nSPS) is 11.1. The Hall–Kier alpha value is -4.17. The number of thiocarbonyl (C=S) groups is 1. The second-order valence-corrected chi connectivity index (χ2v) is 9.63. The lowest BCUT2D eigenvalue weighted by molar-refractivity contribution is 0.0951. The van der Waals surface area contributed by atoms with Crippen LogP contribution in [0.25, 0.3) is 44.7 Å². The molecule has 0 unspecified atom stereocenters. The van der Waals surface area contributed by atoms with Gasteiger partial charge in [-0.25, -0.2) is 4.98 Å². The number of benzene rings is 4. The Balaban J connectivity index is 1.16. The van der Waals surface area contributed by atoms with E-state index in [1.807, 2.05) is 30.3 Å². The quantitative estimate of drug-likeness (QED) is 0.212. The van der Waals surface area contributed by atoms with Crippen molar-refractivity contribution >= 4 is 74.0 Å². The molecule has 9 heteroatoms. The van der Waals surface area contributed by atoms with E-state index in [4.69, 9.17) is 44.3 Å². The molecule has 0 saturated carbocycles. The second kappa shape index (κ2) is 9.95. The van der Waals surface area contributed by atoms with Crippen molar-refractivity contribution in [1.29, 1.82) is 0 Å². The maximum Gasteiger partial charge on any atom is 0.293 e. The lowest BCUT2D eigenvalue weighted by Gasteiger charge is -2.08. The molecule has 0 saturated heterocycles. The lowest BCUT2D eigenvalue weighted by atomic mass is 10.1. The molecule has 0 fully saturated rings. The summed E-state index contributed by atoms with van der Waals surface area (Å²) in [6.45, 7) is 0. The van der Waals surface area contributed by atoms with Gasteiger partial charge in [0.2, 0.25) is 5.89 Å². The summed E-state index contributed by atoms with van der Waals surface area (Å²) in [5.74, 6) is 0.507. The molecule has 6 nitrogen and oxygen atoms in total. The van der Waals surface area contributed by atoms with E-state index in [-0.39, 0.29) is 10.9 Å². The number of halogens is 2. The summed E-state index contributed by atoms with van der Waals surface area (Å²) in [6, 6.07) is 27.9. The Morgan fingerprint density at radius 1 is 0.842 bits per heavy atom. The molecule has 4 aromatic carbocycles. The number of aromatic nitrogens is 1. The molecule has 2 aromatic heterocycles. The van der Waals surface area contributed by atoms with Crippen LogP contribution in [-0.4, -0.2) is 16.0 Å². The summed E-state index contributed by atoms with van der Waals surface area (Å²) >= 11 is 17.7. The number of hydrogen-bond donors (Lipinski definition) is 2. The van der Waals surface area contributed by atoms with Crippen LogP contribution in [-0.2, 0) is 0 Å². The zero-order chi connectivity index (χ0) is 26.2. The molecular formula is C29H17Cl2N3O3S. The van der Waals surface area contributed by atoms with E-state index >= 15 is 0 Å². The topological polar surface area (TPSA) is 80.3 Å². The first-order chi connectivity index (χ1) is 18.4. The van der Waals surface area contributed by atoms with Crippen molar-refractivity contribution in [3.63, 3.8) is 0 Å². The van der Waals surface area contributed by atoms with Crippen molar-refractivity contribution in [3.05, 3.63) is 107 Å². The van der Waals surface area contributed by atoms with Crippen molar-refractivity contribution in [2.75, 3.05) is 5.32 Å². The Kier molecular flexibility index (Phi) is 6.33. The molecule has 0 aliphatic carbocycles. The molecule has 0 radical (unpaired) electrons. The first kappa shape index (κ1) is 24.2. The fourth-order valence-electron chi connectivity index (χ4n) is 4.08. The maximum atomic E-state index is 12.7. The van der Waals surface area contributed by atoms with Crippen molar-refractivity contribution in [1.82, 2.24) is 10.3 Å². The van der Waals surface area contributed by atoms with Crippen LogP contribution in [0.15, 0.2) is 99.8 Å². The third-order valence-electron chi connectivity index (χ3n) is 5.92. The smallest absolute Gasteiger partial charge is 0.293 e. The number of nitrogens with zero attached hydrogens (tertiary/aromatic N) is 1. The number of carbonyl (C=O) groups is 1. The van der Waals surface area contributed by atoms with Gasteiger partial charge in [0.1, 0.15) is 11.3 Å². The van der Waals surface area contributed by atoms with Gasteiger partial charge >= 0.3 is 0 Å². The highest BCUT2D eigenvalue weighted by Crippen LogP contribution is 2.34. The molecule has 0 aliphatic heterocycles. The molecular weight excluding hydrogens is 541 g/mol. The van der Waals surface area contributed by atoms with E-state index in [9.17, 15) is 4.79 Å². The third kappa shape index (κ3) is 4.75. The summed E-state index contributed by atoms with van der Waals surface area (Å²) in [7, 11) is 0. The highest BCUT2D eigenvalue weighted by Gasteiger charge is 2.17. The minimum Gasteiger partial charge on any atom is -0.451 e. The first-order valence-electron chi connectivity index (χ1n) is 11.5. The van der Waals surface area contributed by atoms with Crippen molar-refractivity contribution in [2.24, 2.45) is 0 Å². The van der Waals surface area contributed by atoms with Crippen LogP contribution in [0, 0.1) is 0 Å². The highest BCUT2D eigenvalue weighted by atomic mass is 35.5. The van der Waals surface area contributed by atoms with E-state index in [0.29, 0.717) is 44.0 Å². The van der Waals surface area contributed by atoms with Crippen molar-refractivity contribution in [2.45, 2.75) is 0 Å². The van der Waals surface area contributed by atoms with Crippen LogP contribution < -0.4 is 10.6 Å². The molecule has 1 amide bonds. The van der Waals surface area contributed by atoms with Gasteiger partial charge in [-0.1, -0.05) is 59.6 Å². The second-order valence-electron chi connectivity index (χ2n) is 8.44. The number of fused-ring (bicyclic) bond motifs is 2. The molecule has 2 N–H and O–H groups in total. The number of carbonyl (C=O) groups excluding carboxylic acids is 1. The van der Waals surface area contributed by atoms with E-state index in [2.05, 4.69) is 27.8 Å². The lowest BCUT2D eigenvalue weighted by Crippen LogP contribution is -2.33. The van der Waals surface area contributed by atoms with Crippen LogP contribution in [0.3, 0.4) is 0 Å². The van der Waals surface area contributed by atoms with Gasteiger partial charge in [0, 0.05) is 16.8 Å². The summed E-state index contributed by atoms with van der Waals surface area (Å²) in [4.78, 5) is 17.3. The fraction of sp³-hybridized carbons (Fsp3) is 0. The number of rotatable bonds is 4. The molecule has 2 heterocycles. The van der Waals surface area contributed by atoms with Crippen LogP contribution in [0.1, 0.15) is 10.6 Å². The van der Waals surface area contributed by atoms with Gasteiger partial charge in [-0.05, 0) is 77.6 Å². The van der Waals surface area contributed by atoms with E-state index in [1.165, 1.54) is 0 Å². The Morgan fingerprint density at radius 2 is 1.68 bits per heavy atom. The molecule has 6 aromatic rings. The van der Waals surface area contributed by atoms with E-state index in [0.717, 1.165) is 16.3 Å². The summed E-state index contributed by atoms with van der Waals surface area (Å²) in [5.41, 5.74) is 3.40. The Bertz CT molecular complexity index is 1860. The average Bonchev–Trinajstić information content (AvgIpc) is 3.57. The third-order valence-corrected chi connectivity index (χ3v) is 6.94. The van der Waals surface area contributed by atoms with Crippen LogP contribution in [0.4, 0.5) is 5.69 Å². The van der Waals surface area contributed by atoms with Gasteiger partial charge in [-0.2, -0.15) is 0 Å². The standard InChI is InChI=1S/C29H17Cl2N3O3S/c30-21-7-3-6-20(26(21)31)23-12-13-25(36-23)27(35)34-29(38)32-19-10-11-24-22(15-19)33-28(37-24)18-9-8-16-4-1-2-5-17(16)14-18/h1-15H,(H2,32,34,35,38). The maximum absolute atomic E-state index is 12.7. The monoisotopic (exact) mass is 557 g/mol. The molecule has 0 aliphatic rings. The largest absolute Gasteiger partial charge is 0.451 e. The van der Waals surface area contributed by atoms with Crippen LogP contribution >= 0.6 is 35.4 Å². The number of furan rings is 1. The van der Waals surface area contributed by atoms with E-state index in [1.54, 1.807) is 48.5 Å². The van der Waals surface area contributed by atoms with Gasteiger partial charge in [0.25, 0.3) is 5.91 Å². The van der Waals surface area contributed by atoms with Crippen LogP contribution in [0.2, 0.25) is 10.0 Å². The Morgan fingerprint density at radius 3 is 2.55 bits per heavy atom. The summed E-state index contributed by atoms with van der Waals surface area (Å²) in [5, 5.41) is 8.71. The van der Waals surface area contributed by atoms with Gasteiger partial charge in [0.15, 0.2) is 16.5 Å². The zero-order valence-corrected chi connectivity index (χ0v) is 21.8. The molecule has 186 valence electrons. The zero-order valence-electron chi connectivity index (χ0n) is 19.5.